The minimum atomic E-state index is -5.70. The largest absolute Gasteiger partial charge is 0.516 e. The lowest BCUT2D eigenvalue weighted by atomic mass is 9.99. The molecule has 186 valence electrons. The van der Waals surface area contributed by atoms with Crippen molar-refractivity contribution in [3.8, 4) is 0 Å². The standard InChI is InChI=1S/C19H23F3N6O4S2/c1-10(2)28-7-5-6-12-8-13(14(9-15(12)28)27-34(30,31)19(20,21)22)23-25-18-26-24-16(33-18)17(29)32-11(3)4/h8-11,27H,5-7H2,1-4H3. The SMILES string of the molecule is CC(C)OC(=O)c1nnc(N=Nc2cc3c(cc2NS(=O)(=O)C(F)(F)F)N(C(C)C)CCC3)s1. The van der Waals surface area contributed by atoms with E-state index in [1.54, 1.807) is 18.6 Å². The molecule has 10 nitrogen and oxygen atoms in total. The molecular formula is C19H23F3N6O4S2. The lowest BCUT2D eigenvalue weighted by Gasteiger charge is -2.35. The van der Waals surface area contributed by atoms with E-state index in [0.29, 0.717) is 18.7 Å². The molecule has 1 aromatic heterocycles. The van der Waals surface area contributed by atoms with Gasteiger partial charge in [0.05, 0.1) is 11.8 Å². The summed E-state index contributed by atoms with van der Waals surface area (Å²) >= 11 is 0.774. The van der Waals surface area contributed by atoms with E-state index in [4.69, 9.17) is 4.74 Å². The summed E-state index contributed by atoms with van der Waals surface area (Å²) in [5.41, 5.74) is -4.60. The highest BCUT2D eigenvalue weighted by Crippen LogP contribution is 2.40. The van der Waals surface area contributed by atoms with E-state index in [2.05, 4.69) is 20.4 Å². The highest BCUT2D eigenvalue weighted by molar-refractivity contribution is 7.93. The van der Waals surface area contributed by atoms with Gasteiger partial charge in [0.2, 0.25) is 5.01 Å². The van der Waals surface area contributed by atoms with Crippen molar-refractivity contribution in [1.82, 2.24) is 10.2 Å². The van der Waals surface area contributed by atoms with Gasteiger partial charge in [0, 0.05) is 18.3 Å². The van der Waals surface area contributed by atoms with Crippen molar-refractivity contribution in [2.24, 2.45) is 10.2 Å². The van der Waals surface area contributed by atoms with Crippen LogP contribution in [-0.2, 0) is 21.2 Å². The summed E-state index contributed by atoms with van der Waals surface area (Å²) in [6, 6.07) is 2.87. The van der Waals surface area contributed by atoms with Gasteiger partial charge < -0.3 is 9.64 Å². The number of fused-ring (bicyclic) bond motifs is 1. The van der Waals surface area contributed by atoms with Gasteiger partial charge in [0.15, 0.2) is 0 Å². The molecule has 0 unspecified atom stereocenters. The first-order valence-corrected chi connectivity index (χ1v) is 12.6. The smallest absolute Gasteiger partial charge is 0.458 e. The molecule has 34 heavy (non-hydrogen) atoms. The highest BCUT2D eigenvalue weighted by Gasteiger charge is 2.46. The lowest BCUT2D eigenvalue weighted by molar-refractivity contribution is -0.0429. The van der Waals surface area contributed by atoms with Crippen molar-refractivity contribution in [1.29, 1.82) is 0 Å². The van der Waals surface area contributed by atoms with E-state index in [1.165, 1.54) is 12.1 Å². The number of nitrogens with one attached hydrogen (secondary N) is 1. The number of aromatic nitrogens is 2. The average Bonchev–Trinajstić information content (AvgIpc) is 3.19. The van der Waals surface area contributed by atoms with Crippen molar-refractivity contribution in [2.45, 2.75) is 58.2 Å². The molecule has 0 spiro atoms. The molecule has 0 fully saturated rings. The average molecular weight is 521 g/mol. The van der Waals surface area contributed by atoms with Crippen molar-refractivity contribution >= 4 is 49.5 Å². The van der Waals surface area contributed by atoms with Crippen LogP contribution in [-0.4, -0.2) is 48.8 Å². The van der Waals surface area contributed by atoms with E-state index in [9.17, 15) is 26.4 Å². The number of benzene rings is 1. The Balaban J connectivity index is 2.00. The number of azo groups is 1. The number of sulfonamides is 1. The fraction of sp³-hybridized carbons (Fsp3) is 0.526. The number of carbonyl (C=O) groups excluding carboxylic acids is 1. The number of hydrogen-bond donors (Lipinski definition) is 1. The summed E-state index contributed by atoms with van der Waals surface area (Å²) in [5.74, 6) is -0.699. The Morgan fingerprint density at radius 1 is 1.21 bits per heavy atom. The van der Waals surface area contributed by atoms with Gasteiger partial charge in [0.25, 0.3) is 5.13 Å². The molecule has 0 saturated carbocycles. The lowest BCUT2D eigenvalue weighted by Crippen LogP contribution is -2.35. The molecule has 0 aliphatic carbocycles. The van der Waals surface area contributed by atoms with Gasteiger partial charge in [-0.1, -0.05) is 11.3 Å². The first kappa shape index (κ1) is 25.8. The van der Waals surface area contributed by atoms with E-state index in [-0.39, 0.29) is 33.7 Å². The van der Waals surface area contributed by atoms with Crippen molar-refractivity contribution < 1.29 is 31.1 Å². The van der Waals surface area contributed by atoms with Crippen molar-refractivity contribution in [3.05, 3.63) is 22.7 Å². The van der Waals surface area contributed by atoms with E-state index in [1.807, 2.05) is 18.7 Å². The molecule has 1 N–H and O–H groups in total. The molecule has 1 aliphatic heterocycles. The second-order valence-corrected chi connectivity index (χ2v) is 10.6. The molecule has 1 aromatic carbocycles. The van der Waals surface area contributed by atoms with Crippen LogP contribution >= 0.6 is 11.3 Å². The van der Waals surface area contributed by atoms with Gasteiger partial charge in [0.1, 0.15) is 5.69 Å². The highest BCUT2D eigenvalue weighted by atomic mass is 32.2. The van der Waals surface area contributed by atoms with Crippen LogP contribution in [0.2, 0.25) is 0 Å². The molecule has 0 radical (unpaired) electrons. The number of hydrogen-bond acceptors (Lipinski definition) is 10. The number of halogens is 3. The topological polar surface area (TPSA) is 126 Å². The first-order valence-electron chi connectivity index (χ1n) is 10.3. The van der Waals surface area contributed by atoms with Crippen molar-refractivity contribution in [2.75, 3.05) is 16.2 Å². The van der Waals surface area contributed by atoms with Crippen molar-refractivity contribution in [3.63, 3.8) is 0 Å². The summed E-state index contributed by atoms with van der Waals surface area (Å²) in [4.78, 5) is 13.9. The number of carbonyl (C=O) groups is 1. The van der Waals surface area contributed by atoms with Crippen LogP contribution in [0.1, 0.15) is 49.5 Å². The molecule has 2 aromatic rings. The molecule has 0 saturated heterocycles. The zero-order valence-electron chi connectivity index (χ0n) is 18.8. The van der Waals surface area contributed by atoms with Gasteiger partial charge >= 0.3 is 21.5 Å². The fourth-order valence-corrected chi connectivity index (χ4v) is 4.37. The van der Waals surface area contributed by atoms with E-state index in [0.717, 1.165) is 23.3 Å². The first-order chi connectivity index (χ1) is 15.8. The number of alkyl halides is 3. The Kier molecular flexibility index (Phi) is 7.45. The maximum absolute atomic E-state index is 13.0. The van der Waals surface area contributed by atoms with Gasteiger partial charge in [-0.05, 0) is 58.2 Å². The zero-order chi connectivity index (χ0) is 25.3. The maximum atomic E-state index is 13.0. The minimum absolute atomic E-state index is 0.0454. The Hall–Kier alpha value is -2.81. The predicted octanol–water partition coefficient (Wildman–Crippen LogP) is 4.94. The summed E-state index contributed by atoms with van der Waals surface area (Å²) in [6.07, 6.45) is 1.08. The maximum Gasteiger partial charge on any atom is 0.516 e. The third kappa shape index (κ3) is 5.81. The monoisotopic (exact) mass is 520 g/mol. The summed E-state index contributed by atoms with van der Waals surface area (Å²) in [7, 11) is -5.70. The minimum Gasteiger partial charge on any atom is -0.458 e. The molecular weight excluding hydrogens is 497 g/mol. The quantitative estimate of drug-likeness (QED) is 0.405. The zero-order valence-corrected chi connectivity index (χ0v) is 20.4. The normalized spacial score (nSPS) is 14.7. The molecule has 15 heteroatoms. The van der Waals surface area contributed by atoms with E-state index < -0.39 is 21.5 Å². The third-order valence-corrected chi connectivity index (χ3v) is 6.58. The van der Waals surface area contributed by atoms with Crippen LogP contribution in [0.25, 0.3) is 0 Å². The second kappa shape index (κ2) is 9.82. The molecule has 0 bridgehead atoms. The van der Waals surface area contributed by atoms with E-state index >= 15 is 0 Å². The van der Waals surface area contributed by atoms with Gasteiger partial charge in [-0.3, -0.25) is 4.72 Å². The summed E-state index contributed by atoms with van der Waals surface area (Å²) < 4.78 is 69.3. The Morgan fingerprint density at radius 3 is 2.53 bits per heavy atom. The Morgan fingerprint density at radius 2 is 1.91 bits per heavy atom. The number of esters is 1. The molecule has 1 aliphatic rings. The predicted molar refractivity (Wildman–Crippen MR) is 120 cm³/mol. The summed E-state index contributed by atoms with van der Waals surface area (Å²) in [5, 5.41) is 15.0. The molecule has 3 rings (SSSR count). The van der Waals surface area contributed by atoms with Crippen LogP contribution in [0.5, 0.6) is 0 Å². The van der Waals surface area contributed by atoms with Gasteiger partial charge in [-0.25, -0.2) is 4.79 Å². The number of rotatable bonds is 7. The summed E-state index contributed by atoms with van der Waals surface area (Å²) in [6.45, 7) is 7.87. The van der Waals surface area contributed by atoms with Crippen LogP contribution in [0.15, 0.2) is 22.4 Å². The van der Waals surface area contributed by atoms with Crippen LogP contribution in [0.4, 0.5) is 35.4 Å². The molecule has 0 amide bonds. The van der Waals surface area contributed by atoms with Crippen LogP contribution in [0.3, 0.4) is 0 Å². The van der Waals surface area contributed by atoms with Crippen LogP contribution in [0, 0.1) is 0 Å². The Labute approximate surface area is 198 Å². The number of anilines is 2. The fourth-order valence-electron chi connectivity index (χ4n) is 3.25. The number of ether oxygens (including phenoxy) is 1. The number of aryl methyl sites for hydroxylation is 1. The van der Waals surface area contributed by atoms with Gasteiger partial charge in [-0.15, -0.1) is 20.4 Å². The Bertz CT molecular complexity index is 1200. The van der Waals surface area contributed by atoms with Crippen LogP contribution < -0.4 is 9.62 Å². The van der Waals surface area contributed by atoms with Gasteiger partial charge in [-0.2, -0.15) is 21.6 Å². The third-order valence-electron chi connectivity index (χ3n) is 4.70. The molecule has 2 heterocycles. The molecule has 0 atom stereocenters. The number of nitrogens with zero attached hydrogens (tertiary/aromatic N) is 5. The second-order valence-electron chi connectivity index (χ2n) is 7.98.